The summed E-state index contributed by atoms with van der Waals surface area (Å²) in [5.74, 6) is -0.149. The van der Waals surface area contributed by atoms with E-state index in [0.29, 0.717) is 28.1 Å². The maximum atomic E-state index is 13.4. The van der Waals surface area contributed by atoms with E-state index in [9.17, 15) is 9.18 Å². The number of aryl methyl sites for hydroxylation is 1. The van der Waals surface area contributed by atoms with Gasteiger partial charge in [0, 0.05) is 11.1 Å². The van der Waals surface area contributed by atoms with Gasteiger partial charge in [-0.1, -0.05) is 26.0 Å². The molecule has 0 spiro atoms. The van der Waals surface area contributed by atoms with Crippen LogP contribution in [0.25, 0.3) is 10.9 Å². The molecule has 1 N–H and O–H groups in total. The van der Waals surface area contributed by atoms with Gasteiger partial charge in [0.25, 0.3) is 5.91 Å². The normalized spacial score (nSPS) is 11.0. The van der Waals surface area contributed by atoms with Crippen LogP contribution in [0.5, 0.6) is 0 Å². The minimum Gasteiger partial charge on any atom is -0.322 e. The van der Waals surface area contributed by atoms with Crippen molar-refractivity contribution in [2.45, 2.75) is 26.7 Å². The van der Waals surface area contributed by atoms with E-state index in [1.54, 1.807) is 19.1 Å². The number of aromatic nitrogens is 1. The highest BCUT2D eigenvalue weighted by atomic mass is 19.1. The molecular weight excluding hydrogens is 303 g/mol. The maximum absolute atomic E-state index is 13.4. The van der Waals surface area contributed by atoms with Crippen LogP contribution in [0.1, 0.15) is 41.4 Å². The molecule has 122 valence electrons. The topological polar surface area (TPSA) is 42.0 Å². The number of hydrogen-bond acceptors (Lipinski definition) is 2. The number of hydrogen-bond donors (Lipinski definition) is 1. The predicted molar refractivity (Wildman–Crippen MR) is 94.9 cm³/mol. The Labute approximate surface area is 140 Å². The lowest BCUT2D eigenvalue weighted by atomic mass is 10.0. The molecule has 0 aliphatic rings. The SMILES string of the molecule is Cc1nc2ccc(F)cc2cc1C(=O)Nc1ccc(C(C)C)cc1. The highest BCUT2D eigenvalue weighted by molar-refractivity contribution is 6.06. The molecule has 4 heteroatoms. The third-order valence-corrected chi connectivity index (χ3v) is 4.05. The van der Waals surface area contributed by atoms with Crippen molar-refractivity contribution in [1.29, 1.82) is 0 Å². The van der Waals surface area contributed by atoms with Gasteiger partial charge in [-0.3, -0.25) is 9.78 Å². The number of benzene rings is 2. The summed E-state index contributed by atoms with van der Waals surface area (Å²) in [7, 11) is 0. The second-order valence-corrected chi connectivity index (χ2v) is 6.19. The molecule has 2 aromatic carbocycles. The fourth-order valence-electron chi connectivity index (χ4n) is 2.62. The molecule has 3 rings (SSSR count). The quantitative estimate of drug-likeness (QED) is 0.732. The average molecular weight is 322 g/mol. The number of pyridine rings is 1. The lowest BCUT2D eigenvalue weighted by Crippen LogP contribution is -2.14. The second-order valence-electron chi connectivity index (χ2n) is 6.19. The fraction of sp³-hybridized carbons (Fsp3) is 0.200. The lowest BCUT2D eigenvalue weighted by molar-refractivity contribution is 0.102. The summed E-state index contributed by atoms with van der Waals surface area (Å²) in [5, 5.41) is 3.48. The van der Waals surface area contributed by atoms with Gasteiger partial charge in [-0.05, 0) is 54.8 Å². The summed E-state index contributed by atoms with van der Waals surface area (Å²) in [6, 6.07) is 13.8. The van der Waals surface area contributed by atoms with Crippen molar-refractivity contribution < 1.29 is 9.18 Å². The number of carbonyl (C=O) groups is 1. The number of nitrogens with one attached hydrogen (secondary N) is 1. The molecule has 24 heavy (non-hydrogen) atoms. The molecule has 0 fully saturated rings. The number of fused-ring (bicyclic) bond motifs is 1. The van der Waals surface area contributed by atoms with Crippen molar-refractivity contribution in [3.05, 3.63) is 71.2 Å². The van der Waals surface area contributed by atoms with Gasteiger partial charge in [0.1, 0.15) is 5.82 Å². The van der Waals surface area contributed by atoms with Crippen LogP contribution in [-0.2, 0) is 0 Å². The van der Waals surface area contributed by atoms with E-state index in [-0.39, 0.29) is 11.7 Å². The van der Waals surface area contributed by atoms with Crippen LogP contribution in [0.3, 0.4) is 0 Å². The van der Waals surface area contributed by atoms with Crippen LogP contribution in [-0.4, -0.2) is 10.9 Å². The van der Waals surface area contributed by atoms with Gasteiger partial charge in [-0.25, -0.2) is 4.39 Å². The Kier molecular flexibility index (Phi) is 4.30. The zero-order chi connectivity index (χ0) is 17.3. The molecule has 0 aliphatic carbocycles. The van der Waals surface area contributed by atoms with Gasteiger partial charge in [0.05, 0.1) is 16.8 Å². The molecule has 0 saturated heterocycles. The molecule has 1 aromatic heterocycles. The summed E-state index contributed by atoms with van der Waals surface area (Å²) in [5.41, 5.74) is 3.67. The molecule has 0 radical (unpaired) electrons. The van der Waals surface area contributed by atoms with Gasteiger partial charge < -0.3 is 5.32 Å². The van der Waals surface area contributed by atoms with Crippen molar-refractivity contribution in [1.82, 2.24) is 4.98 Å². The van der Waals surface area contributed by atoms with E-state index in [1.165, 1.54) is 17.7 Å². The number of anilines is 1. The van der Waals surface area contributed by atoms with E-state index in [2.05, 4.69) is 24.1 Å². The first kappa shape index (κ1) is 16.1. The zero-order valence-corrected chi connectivity index (χ0v) is 13.9. The Balaban J connectivity index is 1.89. The number of halogens is 1. The molecule has 3 nitrogen and oxygen atoms in total. The minimum absolute atomic E-state index is 0.247. The van der Waals surface area contributed by atoms with Gasteiger partial charge in [-0.2, -0.15) is 0 Å². The van der Waals surface area contributed by atoms with Crippen LogP contribution in [0, 0.1) is 12.7 Å². The van der Waals surface area contributed by atoms with Crippen molar-refractivity contribution in [3.8, 4) is 0 Å². The zero-order valence-electron chi connectivity index (χ0n) is 13.9. The summed E-state index contributed by atoms with van der Waals surface area (Å²) in [4.78, 5) is 16.9. The second kappa shape index (κ2) is 6.40. The highest BCUT2D eigenvalue weighted by Gasteiger charge is 2.12. The van der Waals surface area contributed by atoms with Crippen molar-refractivity contribution in [2.75, 3.05) is 5.32 Å². The van der Waals surface area contributed by atoms with Crippen LogP contribution in [0.2, 0.25) is 0 Å². The van der Waals surface area contributed by atoms with Crippen molar-refractivity contribution >= 4 is 22.5 Å². The van der Waals surface area contributed by atoms with Gasteiger partial charge in [-0.15, -0.1) is 0 Å². The van der Waals surface area contributed by atoms with E-state index in [1.807, 2.05) is 24.3 Å². The third kappa shape index (κ3) is 3.27. The monoisotopic (exact) mass is 322 g/mol. The Bertz CT molecular complexity index is 901. The first-order valence-corrected chi connectivity index (χ1v) is 7.92. The number of rotatable bonds is 3. The minimum atomic E-state index is -0.344. The Hall–Kier alpha value is -2.75. The standard InChI is InChI=1S/C20H19FN2O/c1-12(2)14-4-7-17(8-5-14)23-20(24)18-11-15-10-16(21)6-9-19(15)22-13(18)3/h4-12H,1-3H3,(H,23,24). The maximum Gasteiger partial charge on any atom is 0.257 e. The molecule has 0 saturated carbocycles. The number of amides is 1. The summed E-state index contributed by atoms with van der Waals surface area (Å²) >= 11 is 0. The Morgan fingerprint density at radius 2 is 1.79 bits per heavy atom. The Morgan fingerprint density at radius 3 is 2.46 bits per heavy atom. The molecule has 0 unspecified atom stereocenters. The van der Waals surface area contributed by atoms with E-state index >= 15 is 0 Å². The summed E-state index contributed by atoms with van der Waals surface area (Å²) in [6.45, 7) is 6.02. The first-order chi connectivity index (χ1) is 11.4. The molecule has 0 aliphatic heterocycles. The molecule has 1 amide bonds. The van der Waals surface area contributed by atoms with E-state index < -0.39 is 0 Å². The van der Waals surface area contributed by atoms with E-state index in [0.717, 1.165) is 5.69 Å². The van der Waals surface area contributed by atoms with Crippen LogP contribution in [0.15, 0.2) is 48.5 Å². The van der Waals surface area contributed by atoms with Crippen LogP contribution >= 0.6 is 0 Å². The summed E-state index contributed by atoms with van der Waals surface area (Å²) in [6.07, 6.45) is 0. The third-order valence-electron chi connectivity index (χ3n) is 4.05. The summed E-state index contributed by atoms with van der Waals surface area (Å²) < 4.78 is 13.4. The predicted octanol–water partition coefficient (Wildman–Crippen LogP) is 5.06. The molecule has 1 heterocycles. The molecule has 0 bridgehead atoms. The number of carbonyl (C=O) groups excluding carboxylic acids is 1. The first-order valence-electron chi connectivity index (χ1n) is 7.92. The lowest BCUT2D eigenvalue weighted by Gasteiger charge is -2.10. The van der Waals surface area contributed by atoms with Gasteiger partial charge in [0.15, 0.2) is 0 Å². The highest BCUT2D eigenvalue weighted by Crippen LogP contribution is 2.20. The largest absolute Gasteiger partial charge is 0.322 e. The van der Waals surface area contributed by atoms with Crippen molar-refractivity contribution in [2.24, 2.45) is 0 Å². The Morgan fingerprint density at radius 1 is 1.08 bits per heavy atom. The smallest absolute Gasteiger partial charge is 0.257 e. The van der Waals surface area contributed by atoms with Gasteiger partial charge in [0.2, 0.25) is 0 Å². The average Bonchev–Trinajstić information content (AvgIpc) is 2.55. The molecule has 0 atom stereocenters. The van der Waals surface area contributed by atoms with Gasteiger partial charge >= 0.3 is 0 Å². The van der Waals surface area contributed by atoms with Crippen LogP contribution in [0.4, 0.5) is 10.1 Å². The van der Waals surface area contributed by atoms with Crippen molar-refractivity contribution in [3.63, 3.8) is 0 Å². The van der Waals surface area contributed by atoms with Crippen LogP contribution < -0.4 is 5.32 Å². The van der Waals surface area contributed by atoms with E-state index in [4.69, 9.17) is 0 Å². The molecular formula is C20H19FN2O. The number of nitrogens with zero attached hydrogens (tertiary/aromatic N) is 1. The fourth-order valence-corrected chi connectivity index (χ4v) is 2.62. The molecule has 3 aromatic rings.